The molecule has 4 heterocycles. The van der Waals surface area contributed by atoms with Crippen molar-refractivity contribution in [2.45, 2.75) is 66.1 Å². The van der Waals surface area contributed by atoms with Crippen LogP contribution in [0.5, 0.6) is 0 Å². The van der Waals surface area contributed by atoms with Gasteiger partial charge < -0.3 is 14.0 Å². The molecule has 11 rings (SSSR count). The predicted octanol–water partition coefficient (Wildman–Crippen LogP) is 15.4. The van der Waals surface area contributed by atoms with Gasteiger partial charge in [0.05, 0.1) is 36.0 Å². The molecule has 0 spiro atoms. The summed E-state index contributed by atoms with van der Waals surface area (Å²) in [5.41, 5.74) is 14.6. The largest absolute Gasteiger partial charge is 0.500 e. The Morgan fingerprint density at radius 2 is 1.33 bits per heavy atom. The summed E-state index contributed by atoms with van der Waals surface area (Å²) >= 11 is 0. The second-order valence-electron chi connectivity index (χ2n) is 18.7. The summed E-state index contributed by atoms with van der Waals surface area (Å²) in [7, 11) is -1.23. The van der Waals surface area contributed by atoms with Crippen LogP contribution in [0, 0.1) is 19.1 Å². The number of imidazole rings is 1. The third-order valence-corrected chi connectivity index (χ3v) is 14.6. The first-order valence-corrected chi connectivity index (χ1v) is 26.2. The van der Waals surface area contributed by atoms with E-state index in [0.717, 1.165) is 77.6 Å². The number of hydrogen-bond donors (Lipinski definition) is 0. The molecule has 0 saturated carbocycles. The quantitative estimate of drug-likeness (QED) is 0.0907. The molecular formula is C59H52IrN4OSi-2. The van der Waals surface area contributed by atoms with Crippen molar-refractivity contribution in [2.24, 2.45) is 0 Å². The zero-order valence-corrected chi connectivity index (χ0v) is 42.1. The van der Waals surface area contributed by atoms with Gasteiger partial charge in [-0.25, -0.2) is 0 Å². The standard InChI is InChI=1S/C45H36N3O.C14H16NSi.Ir/c1-26(2)36-24-31(29-14-7-6-8-15-29)25-37(27(3)4)42(36)48-39-21-12-11-20-38(39)47-45(48)35-19-13-18-33-40-28(5)46-41-32-17-10-9-16-30(32)22-23-34(41)44(40)49-43(33)35;1-16(2,3)13-9-10-14(15-11-13)12-7-5-4-6-8-12;/h6-18,20-27H,1-5H3;4-7,9-11H,1-3H3;/q2*-1;. The van der Waals surface area contributed by atoms with E-state index in [9.17, 15) is 0 Å². The zero-order valence-electron chi connectivity index (χ0n) is 38.7. The smallest absolute Gasteiger partial charge is 0.132 e. The van der Waals surface area contributed by atoms with Crippen LogP contribution in [0.25, 0.3) is 94.1 Å². The van der Waals surface area contributed by atoms with Crippen molar-refractivity contribution < 1.29 is 24.5 Å². The number of para-hydroxylation sites is 2. The summed E-state index contributed by atoms with van der Waals surface area (Å²) in [5.74, 6) is 1.36. The number of aryl methyl sites for hydroxylation is 1. The maximum absolute atomic E-state index is 6.98. The molecule has 0 unspecified atom stereocenters. The number of nitrogens with zero attached hydrogens (tertiary/aromatic N) is 4. The normalized spacial score (nSPS) is 11.8. The summed E-state index contributed by atoms with van der Waals surface area (Å²) in [5, 5.41) is 6.76. The number of hydrogen-bond acceptors (Lipinski definition) is 4. The minimum Gasteiger partial charge on any atom is -0.500 e. The third-order valence-electron chi connectivity index (χ3n) is 12.6. The summed E-state index contributed by atoms with van der Waals surface area (Å²) in [6.45, 7) is 18.2. The van der Waals surface area contributed by atoms with Gasteiger partial charge in [0, 0.05) is 53.8 Å². The first-order chi connectivity index (χ1) is 31.5. The Labute approximate surface area is 402 Å². The Morgan fingerprint density at radius 3 is 2.03 bits per heavy atom. The van der Waals surface area contributed by atoms with Crippen LogP contribution >= 0.6 is 0 Å². The number of benzene rings is 7. The molecule has 0 amide bonds. The van der Waals surface area contributed by atoms with Gasteiger partial charge in [-0.15, -0.1) is 54.1 Å². The van der Waals surface area contributed by atoms with Crippen LogP contribution in [-0.2, 0) is 20.1 Å². The number of pyridine rings is 2. The average molecular weight is 1050 g/mol. The summed E-state index contributed by atoms with van der Waals surface area (Å²) in [6, 6.07) is 59.7. The van der Waals surface area contributed by atoms with Crippen LogP contribution in [0.3, 0.4) is 0 Å². The van der Waals surface area contributed by atoms with Gasteiger partial charge in [-0.05, 0) is 87.6 Å². The van der Waals surface area contributed by atoms with Crippen molar-refractivity contribution in [3.63, 3.8) is 0 Å². The fourth-order valence-corrected chi connectivity index (χ4v) is 10.2. The maximum Gasteiger partial charge on any atom is 0.132 e. The molecule has 11 aromatic rings. The Balaban J connectivity index is 0.000000273. The Kier molecular flexibility index (Phi) is 12.2. The van der Waals surface area contributed by atoms with E-state index >= 15 is 0 Å². The van der Waals surface area contributed by atoms with Crippen molar-refractivity contribution in [3.05, 3.63) is 187 Å². The molecule has 0 saturated heterocycles. The summed E-state index contributed by atoms with van der Waals surface area (Å²) in [4.78, 5) is 15.0. The number of fused-ring (bicyclic) bond motifs is 8. The van der Waals surface area contributed by atoms with Crippen LogP contribution < -0.4 is 5.19 Å². The third kappa shape index (κ3) is 8.10. The van der Waals surface area contributed by atoms with Crippen LogP contribution in [0.1, 0.15) is 56.4 Å². The van der Waals surface area contributed by atoms with Crippen molar-refractivity contribution in [1.82, 2.24) is 19.5 Å². The van der Waals surface area contributed by atoms with Crippen molar-refractivity contribution >= 4 is 67.9 Å². The zero-order chi connectivity index (χ0) is 45.0. The minimum atomic E-state index is -1.23. The molecule has 1 radical (unpaired) electrons. The van der Waals surface area contributed by atoms with Gasteiger partial charge in [0.1, 0.15) is 5.58 Å². The molecule has 329 valence electrons. The van der Waals surface area contributed by atoms with E-state index in [0.29, 0.717) is 0 Å². The number of aromatic nitrogens is 4. The van der Waals surface area contributed by atoms with Crippen LogP contribution in [0.4, 0.5) is 0 Å². The molecule has 5 nitrogen and oxygen atoms in total. The van der Waals surface area contributed by atoms with Crippen molar-refractivity contribution in [3.8, 4) is 39.5 Å². The van der Waals surface area contributed by atoms with Crippen molar-refractivity contribution in [2.75, 3.05) is 0 Å². The van der Waals surface area contributed by atoms with Crippen molar-refractivity contribution in [1.29, 1.82) is 0 Å². The van der Waals surface area contributed by atoms with E-state index in [1.54, 1.807) is 0 Å². The minimum absolute atomic E-state index is 0. The fourth-order valence-electron chi connectivity index (χ4n) is 9.15. The molecule has 0 fully saturated rings. The molecule has 7 aromatic carbocycles. The van der Waals surface area contributed by atoms with E-state index in [2.05, 4.69) is 197 Å². The molecule has 0 N–H and O–H groups in total. The first-order valence-electron chi connectivity index (χ1n) is 22.7. The molecular weight excluding hydrogens is 1000 g/mol. The van der Waals surface area contributed by atoms with Gasteiger partial charge in [-0.3, -0.25) is 9.97 Å². The first kappa shape index (κ1) is 44.7. The monoisotopic (exact) mass is 1050 g/mol. The molecule has 66 heavy (non-hydrogen) atoms. The predicted molar refractivity (Wildman–Crippen MR) is 275 cm³/mol. The summed E-state index contributed by atoms with van der Waals surface area (Å²) in [6.07, 6.45) is 2.02. The molecule has 4 aromatic heterocycles. The second-order valence-corrected chi connectivity index (χ2v) is 23.8. The van der Waals surface area contributed by atoms with E-state index in [1.165, 1.54) is 38.5 Å². The molecule has 0 aliphatic rings. The summed E-state index contributed by atoms with van der Waals surface area (Å²) < 4.78 is 9.34. The van der Waals surface area contributed by atoms with E-state index < -0.39 is 8.07 Å². The topological polar surface area (TPSA) is 56.7 Å². The Hall–Kier alpha value is -6.50. The molecule has 0 bridgehead atoms. The van der Waals surface area contributed by atoms with Gasteiger partial charge in [0.15, 0.2) is 0 Å². The number of furan rings is 1. The van der Waals surface area contributed by atoms with E-state index in [4.69, 9.17) is 14.4 Å². The molecule has 0 aliphatic heterocycles. The van der Waals surface area contributed by atoms with Crippen LogP contribution in [0.2, 0.25) is 19.6 Å². The van der Waals surface area contributed by atoms with Gasteiger partial charge >= 0.3 is 0 Å². The van der Waals surface area contributed by atoms with Gasteiger partial charge in [-0.1, -0.05) is 143 Å². The van der Waals surface area contributed by atoms with Crippen LogP contribution in [-0.4, -0.2) is 27.6 Å². The van der Waals surface area contributed by atoms with Gasteiger partial charge in [0.25, 0.3) is 0 Å². The maximum atomic E-state index is 6.98. The second kappa shape index (κ2) is 18.1. The molecule has 7 heteroatoms. The number of rotatable bonds is 7. The van der Waals surface area contributed by atoms with Crippen LogP contribution in [0.15, 0.2) is 162 Å². The van der Waals surface area contributed by atoms with Gasteiger partial charge in [-0.2, -0.15) is 0 Å². The van der Waals surface area contributed by atoms with E-state index in [1.807, 2.05) is 36.5 Å². The average Bonchev–Trinajstić information content (AvgIpc) is 3.92. The van der Waals surface area contributed by atoms with E-state index in [-0.39, 0.29) is 31.9 Å². The Bertz CT molecular complexity index is 3500. The fraction of sp³-hybridized carbons (Fsp3) is 0.169. The van der Waals surface area contributed by atoms with Gasteiger partial charge in [0.2, 0.25) is 0 Å². The molecule has 0 aliphatic carbocycles. The SMILES string of the molecule is C[Si](C)(C)c1ccc(-c2[c-]cccc2)nc1.Cc1nc2c3ccccc3ccc2c2oc3c(-c4nc5ccccc5n4-c4c(C(C)C)cc(-c5ccccc5)cc4C(C)C)[c-]ccc3c12.[Ir]. The molecule has 0 atom stereocenters. The Morgan fingerprint density at radius 1 is 0.621 bits per heavy atom.